The number of amides is 2. The number of hydrogen-bond acceptors (Lipinski definition) is 6. The van der Waals surface area contributed by atoms with Gasteiger partial charge in [0.05, 0.1) is 17.2 Å². The predicted octanol–water partition coefficient (Wildman–Crippen LogP) is 4.30. The van der Waals surface area contributed by atoms with Crippen LogP contribution in [0.15, 0.2) is 35.5 Å². The molecule has 0 unspecified atom stereocenters. The number of aryl methyl sites for hydroxylation is 1. The number of pyridine rings is 1. The highest BCUT2D eigenvalue weighted by molar-refractivity contribution is 6.02. The second-order valence-corrected chi connectivity index (χ2v) is 9.81. The van der Waals surface area contributed by atoms with E-state index in [4.69, 9.17) is 9.47 Å². The van der Waals surface area contributed by atoms with Crippen molar-refractivity contribution in [2.45, 2.75) is 66.2 Å². The van der Waals surface area contributed by atoms with E-state index in [0.29, 0.717) is 13.1 Å². The van der Waals surface area contributed by atoms with Gasteiger partial charge < -0.3 is 19.4 Å². The number of fused-ring (bicyclic) bond motifs is 3. The van der Waals surface area contributed by atoms with Crippen LogP contribution >= 0.6 is 0 Å². The van der Waals surface area contributed by atoms with E-state index in [1.165, 1.54) is 0 Å². The van der Waals surface area contributed by atoms with Crippen molar-refractivity contribution in [2.75, 3.05) is 6.54 Å². The van der Waals surface area contributed by atoms with Gasteiger partial charge in [0.1, 0.15) is 22.5 Å². The fraction of sp³-hybridized carbons (Fsp3) is 0.458. The number of carbonyl (C=O) groups is 2. The van der Waals surface area contributed by atoms with Crippen molar-refractivity contribution in [1.82, 2.24) is 25.2 Å². The van der Waals surface area contributed by atoms with E-state index in [9.17, 15) is 9.59 Å². The lowest BCUT2D eigenvalue weighted by Gasteiger charge is -2.21. The van der Waals surface area contributed by atoms with Crippen LogP contribution in [0.4, 0.5) is 9.59 Å². The van der Waals surface area contributed by atoms with Gasteiger partial charge in [-0.2, -0.15) is 0 Å². The average molecular weight is 469 g/mol. The number of benzene rings is 1. The molecule has 0 saturated carbocycles. The standard InChI is InChI=1S/C24H32N6O4/c1-15-27-18-14-26-17-11-9-8-10-16(17)19(18)30(15)13-12-25-20(28-21(31)33-23(2,3)4)29-22(32)34-24(5,6)7/h8-11,14H,12-13H2,1-7H3,(H2,25,28,29,31,32). The van der Waals surface area contributed by atoms with Gasteiger partial charge in [-0.25, -0.2) is 14.6 Å². The van der Waals surface area contributed by atoms with E-state index in [-0.39, 0.29) is 5.96 Å². The van der Waals surface area contributed by atoms with E-state index in [1.807, 2.05) is 31.2 Å². The molecule has 0 aliphatic rings. The largest absolute Gasteiger partial charge is 0.444 e. The van der Waals surface area contributed by atoms with Crippen LogP contribution in [0.25, 0.3) is 21.9 Å². The Labute approximate surface area is 198 Å². The van der Waals surface area contributed by atoms with Crippen LogP contribution in [0.2, 0.25) is 0 Å². The number of hydrogen-bond donors (Lipinski definition) is 2. The SMILES string of the molecule is Cc1nc2cnc3ccccc3c2n1CCNC(=NC(=O)OC(C)(C)C)NC(=O)OC(C)(C)C. The molecule has 1 aromatic carbocycles. The Bertz CT molecular complexity index is 1230. The van der Waals surface area contributed by atoms with Crippen molar-refractivity contribution in [3.63, 3.8) is 0 Å². The van der Waals surface area contributed by atoms with Gasteiger partial charge in [-0.3, -0.25) is 10.3 Å². The summed E-state index contributed by atoms with van der Waals surface area (Å²) in [6, 6.07) is 7.87. The third kappa shape index (κ3) is 6.66. The highest BCUT2D eigenvalue weighted by Gasteiger charge is 2.20. The number of ether oxygens (including phenoxy) is 2. The molecule has 0 saturated heterocycles. The Kier molecular flexibility index (Phi) is 7.09. The van der Waals surface area contributed by atoms with E-state index in [0.717, 1.165) is 27.8 Å². The summed E-state index contributed by atoms with van der Waals surface area (Å²) >= 11 is 0. The molecule has 182 valence electrons. The lowest BCUT2D eigenvalue weighted by atomic mass is 10.2. The number of rotatable bonds is 3. The van der Waals surface area contributed by atoms with Crippen molar-refractivity contribution < 1.29 is 19.1 Å². The van der Waals surface area contributed by atoms with E-state index in [2.05, 4.69) is 30.2 Å². The first kappa shape index (κ1) is 24.9. The molecule has 0 radical (unpaired) electrons. The smallest absolute Gasteiger partial charge is 0.437 e. The summed E-state index contributed by atoms with van der Waals surface area (Å²) in [4.78, 5) is 37.5. The molecule has 0 aliphatic heterocycles. The zero-order valence-electron chi connectivity index (χ0n) is 20.7. The molecule has 0 spiro atoms. The zero-order valence-corrected chi connectivity index (χ0v) is 20.7. The number of guanidine groups is 1. The first-order chi connectivity index (χ1) is 15.8. The van der Waals surface area contributed by atoms with Crippen LogP contribution in [0.1, 0.15) is 47.4 Å². The van der Waals surface area contributed by atoms with Crippen LogP contribution in [-0.4, -0.2) is 50.4 Å². The van der Waals surface area contributed by atoms with Crippen LogP contribution in [-0.2, 0) is 16.0 Å². The van der Waals surface area contributed by atoms with Gasteiger partial charge in [-0.15, -0.1) is 4.99 Å². The molecule has 2 heterocycles. The Morgan fingerprint density at radius 1 is 1.03 bits per heavy atom. The van der Waals surface area contributed by atoms with Crippen molar-refractivity contribution in [2.24, 2.45) is 4.99 Å². The van der Waals surface area contributed by atoms with Gasteiger partial charge in [0.2, 0.25) is 5.96 Å². The molecule has 34 heavy (non-hydrogen) atoms. The molecule has 2 amide bonds. The predicted molar refractivity (Wildman–Crippen MR) is 131 cm³/mol. The number of nitrogens with one attached hydrogen (secondary N) is 2. The van der Waals surface area contributed by atoms with E-state index < -0.39 is 23.4 Å². The third-order valence-electron chi connectivity index (χ3n) is 4.51. The van der Waals surface area contributed by atoms with Crippen LogP contribution in [0, 0.1) is 6.92 Å². The third-order valence-corrected chi connectivity index (χ3v) is 4.51. The second kappa shape index (κ2) is 9.66. The van der Waals surface area contributed by atoms with E-state index in [1.54, 1.807) is 47.7 Å². The number of imidazole rings is 1. The van der Waals surface area contributed by atoms with Gasteiger partial charge in [0.15, 0.2) is 0 Å². The Morgan fingerprint density at radius 2 is 1.71 bits per heavy atom. The van der Waals surface area contributed by atoms with Gasteiger partial charge in [0, 0.05) is 18.5 Å². The Hall–Kier alpha value is -3.69. The minimum Gasteiger partial charge on any atom is -0.444 e. The summed E-state index contributed by atoms with van der Waals surface area (Å²) in [7, 11) is 0. The topological polar surface area (TPSA) is 120 Å². The Balaban J connectivity index is 1.80. The fourth-order valence-corrected chi connectivity index (χ4v) is 3.33. The van der Waals surface area contributed by atoms with Crippen molar-refractivity contribution in [3.05, 3.63) is 36.3 Å². The lowest BCUT2D eigenvalue weighted by Crippen LogP contribution is -2.45. The van der Waals surface area contributed by atoms with Gasteiger partial charge in [0.25, 0.3) is 0 Å². The van der Waals surface area contributed by atoms with Gasteiger partial charge in [-0.1, -0.05) is 18.2 Å². The maximum absolute atomic E-state index is 12.3. The number of aromatic nitrogens is 3. The first-order valence-corrected chi connectivity index (χ1v) is 11.1. The molecule has 0 fully saturated rings. The van der Waals surface area contributed by atoms with Crippen molar-refractivity contribution in [1.29, 1.82) is 0 Å². The summed E-state index contributed by atoms with van der Waals surface area (Å²) < 4.78 is 12.6. The molecule has 0 aliphatic carbocycles. The van der Waals surface area contributed by atoms with Gasteiger partial charge in [-0.05, 0) is 54.5 Å². The van der Waals surface area contributed by atoms with Crippen LogP contribution in [0.3, 0.4) is 0 Å². The molecule has 2 aromatic heterocycles. The normalized spacial score (nSPS) is 12.6. The number of carbonyl (C=O) groups excluding carboxylic acids is 2. The highest BCUT2D eigenvalue weighted by atomic mass is 16.6. The maximum Gasteiger partial charge on any atom is 0.437 e. The van der Waals surface area contributed by atoms with Crippen LogP contribution in [0.5, 0.6) is 0 Å². The zero-order chi connectivity index (χ0) is 25.1. The molecule has 0 bridgehead atoms. The molecular weight excluding hydrogens is 436 g/mol. The number of alkyl carbamates (subject to hydrolysis) is 1. The molecular formula is C24H32N6O4. The number of aliphatic imine (C=N–C) groups is 1. The second-order valence-electron chi connectivity index (χ2n) is 9.81. The highest BCUT2D eigenvalue weighted by Crippen LogP contribution is 2.24. The summed E-state index contributed by atoms with van der Waals surface area (Å²) in [6.07, 6.45) is 0.199. The molecule has 10 nitrogen and oxygen atoms in total. The molecule has 3 aromatic rings. The minimum atomic E-state index is -0.826. The molecule has 2 N–H and O–H groups in total. The minimum absolute atomic E-state index is 0.0582. The maximum atomic E-state index is 12.3. The Morgan fingerprint density at radius 3 is 2.38 bits per heavy atom. The fourth-order valence-electron chi connectivity index (χ4n) is 3.33. The molecule has 0 atom stereocenters. The lowest BCUT2D eigenvalue weighted by molar-refractivity contribution is 0.0560. The summed E-state index contributed by atoms with van der Waals surface area (Å²) in [5.74, 6) is 0.762. The first-order valence-electron chi connectivity index (χ1n) is 11.1. The molecule has 10 heteroatoms. The van der Waals surface area contributed by atoms with Gasteiger partial charge >= 0.3 is 12.2 Å². The summed E-state index contributed by atoms with van der Waals surface area (Å²) in [5, 5.41) is 6.49. The molecule has 3 rings (SSSR count). The number of para-hydroxylation sites is 1. The van der Waals surface area contributed by atoms with Crippen LogP contribution < -0.4 is 10.6 Å². The van der Waals surface area contributed by atoms with E-state index >= 15 is 0 Å². The van der Waals surface area contributed by atoms with Crippen molar-refractivity contribution >= 4 is 40.1 Å². The number of nitrogens with zero attached hydrogens (tertiary/aromatic N) is 4. The summed E-state index contributed by atoms with van der Waals surface area (Å²) in [5.41, 5.74) is 1.21. The van der Waals surface area contributed by atoms with Crippen molar-refractivity contribution in [3.8, 4) is 0 Å². The monoisotopic (exact) mass is 468 g/mol. The average Bonchev–Trinajstić information content (AvgIpc) is 3.00. The summed E-state index contributed by atoms with van der Waals surface area (Å²) in [6.45, 7) is 13.2. The quantitative estimate of drug-likeness (QED) is 0.434.